The van der Waals surface area contributed by atoms with Crippen LogP contribution in [0, 0.1) is 12.8 Å². The van der Waals surface area contributed by atoms with Crippen molar-refractivity contribution in [2.75, 3.05) is 32.1 Å². The molecule has 1 aromatic carbocycles. The van der Waals surface area contributed by atoms with E-state index in [-0.39, 0.29) is 10.9 Å². The van der Waals surface area contributed by atoms with E-state index < -0.39 is 10.0 Å². The van der Waals surface area contributed by atoms with E-state index in [1.807, 2.05) is 13.0 Å². The summed E-state index contributed by atoms with van der Waals surface area (Å²) in [6.45, 7) is 4.36. The summed E-state index contributed by atoms with van der Waals surface area (Å²) in [5.74, 6) is 1.17. The average molecular weight is 479 g/mol. The van der Waals surface area contributed by atoms with E-state index in [0.717, 1.165) is 46.7 Å². The molecule has 32 heavy (non-hydrogen) atoms. The van der Waals surface area contributed by atoms with Gasteiger partial charge in [-0.15, -0.1) is 0 Å². The Morgan fingerprint density at radius 1 is 1.22 bits per heavy atom. The Balaban J connectivity index is 1.50. The van der Waals surface area contributed by atoms with Crippen molar-refractivity contribution >= 4 is 26.5 Å². The molecule has 1 aromatic heterocycles. The van der Waals surface area contributed by atoms with Crippen LogP contribution < -0.4 is 20.1 Å². The highest BCUT2D eigenvalue weighted by molar-refractivity contribution is 7.89. The fourth-order valence-corrected chi connectivity index (χ4v) is 7.12. The van der Waals surface area contributed by atoms with Gasteiger partial charge in [-0.3, -0.25) is 0 Å². The minimum absolute atomic E-state index is 0.0986. The van der Waals surface area contributed by atoms with Crippen LogP contribution in [0.1, 0.15) is 50.6 Å². The second-order valence-corrected chi connectivity index (χ2v) is 11.5. The molecule has 7 nitrogen and oxygen atoms in total. The van der Waals surface area contributed by atoms with Crippen LogP contribution in [0.4, 0.5) is 5.13 Å². The molecule has 4 rings (SSSR count). The fourth-order valence-electron chi connectivity index (χ4n) is 4.66. The highest BCUT2D eigenvalue weighted by Gasteiger charge is 2.26. The number of benzene rings is 1. The molecule has 1 atom stereocenters. The van der Waals surface area contributed by atoms with Crippen molar-refractivity contribution in [1.29, 1.82) is 0 Å². The van der Waals surface area contributed by atoms with Gasteiger partial charge in [0.2, 0.25) is 10.0 Å². The van der Waals surface area contributed by atoms with Gasteiger partial charge in [0.05, 0.1) is 17.7 Å². The summed E-state index contributed by atoms with van der Waals surface area (Å²) in [7, 11) is -2.20. The van der Waals surface area contributed by atoms with Crippen molar-refractivity contribution in [2.45, 2.75) is 62.8 Å². The normalized spacial score (nSPS) is 19.9. The van der Waals surface area contributed by atoms with Crippen molar-refractivity contribution < 1.29 is 13.2 Å². The molecule has 1 saturated carbocycles. The summed E-state index contributed by atoms with van der Waals surface area (Å²) < 4.78 is 34.4. The monoisotopic (exact) mass is 478 g/mol. The number of ether oxygens (including phenoxy) is 1. The third-order valence-electron chi connectivity index (χ3n) is 6.45. The molecule has 1 aliphatic carbocycles. The number of nitrogens with zero attached hydrogens (tertiary/aromatic N) is 1. The molecular weight excluding hydrogens is 444 g/mol. The number of hydrogen-bond donors (Lipinski definition) is 3. The zero-order valence-corrected chi connectivity index (χ0v) is 20.6. The van der Waals surface area contributed by atoms with Crippen molar-refractivity contribution in [3.63, 3.8) is 0 Å². The number of thiazole rings is 1. The summed E-state index contributed by atoms with van der Waals surface area (Å²) >= 11 is 1.58. The molecule has 1 saturated heterocycles. The molecule has 0 amide bonds. The SMILES string of the molecule is COc1ccc(-c2sc(NCCC3CCCCC3)nc2C)cc1S(=O)(=O)N[C@H]1CCNC1. The Morgan fingerprint density at radius 3 is 2.75 bits per heavy atom. The summed E-state index contributed by atoms with van der Waals surface area (Å²) in [5, 5.41) is 7.56. The van der Waals surface area contributed by atoms with E-state index in [0.29, 0.717) is 12.3 Å². The molecule has 0 radical (unpaired) electrons. The van der Waals surface area contributed by atoms with Gasteiger partial charge in [0.15, 0.2) is 5.13 Å². The molecular formula is C23H34N4O3S2. The topological polar surface area (TPSA) is 92.3 Å². The molecule has 2 heterocycles. The highest BCUT2D eigenvalue weighted by Crippen LogP contribution is 2.37. The number of rotatable bonds is 9. The minimum atomic E-state index is -3.70. The van der Waals surface area contributed by atoms with Crippen molar-refractivity contribution in [3.05, 3.63) is 23.9 Å². The van der Waals surface area contributed by atoms with Crippen LogP contribution in [-0.2, 0) is 10.0 Å². The van der Waals surface area contributed by atoms with Gasteiger partial charge in [0.25, 0.3) is 0 Å². The van der Waals surface area contributed by atoms with E-state index in [4.69, 9.17) is 9.72 Å². The number of aryl methyl sites for hydroxylation is 1. The molecule has 176 valence electrons. The van der Waals surface area contributed by atoms with Crippen molar-refractivity contribution in [2.24, 2.45) is 5.92 Å². The molecule has 2 aliphatic rings. The Hall–Kier alpha value is -1.68. The van der Waals surface area contributed by atoms with Crippen molar-refractivity contribution in [3.8, 4) is 16.2 Å². The van der Waals surface area contributed by atoms with Crippen molar-refractivity contribution in [1.82, 2.24) is 15.0 Å². The van der Waals surface area contributed by atoms with E-state index >= 15 is 0 Å². The smallest absolute Gasteiger partial charge is 0.244 e. The molecule has 0 spiro atoms. The standard InChI is InChI=1S/C23H34N4O3S2/c1-16-22(31-23(26-16)25-13-10-17-6-4-3-5-7-17)18-8-9-20(30-2)21(14-18)32(28,29)27-19-11-12-24-15-19/h8-9,14,17,19,24,27H,3-7,10-13,15H2,1-2H3,(H,25,26)/t19-/m0/s1. The summed E-state index contributed by atoms with van der Waals surface area (Å²) in [6, 6.07) is 5.24. The van der Waals surface area contributed by atoms with Gasteiger partial charge in [0, 0.05) is 19.1 Å². The molecule has 2 aromatic rings. The number of sulfonamides is 1. The Morgan fingerprint density at radius 2 is 2.03 bits per heavy atom. The zero-order valence-electron chi connectivity index (χ0n) is 18.9. The summed E-state index contributed by atoms with van der Waals surface area (Å²) in [5.41, 5.74) is 1.74. The third kappa shape index (κ3) is 5.62. The van der Waals surface area contributed by atoms with E-state index in [1.54, 1.807) is 23.5 Å². The number of hydrogen-bond acceptors (Lipinski definition) is 7. The summed E-state index contributed by atoms with van der Waals surface area (Å²) in [4.78, 5) is 5.84. The Bertz CT molecular complexity index is 1010. The van der Waals surface area contributed by atoms with Crippen LogP contribution >= 0.6 is 11.3 Å². The number of nitrogens with one attached hydrogen (secondary N) is 3. The fraction of sp³-hybridized carbons (Fsp3) is 0.609. The van der Waals surface area contributed by atoms with Crippen LogP contribution in [-0.4, -0.2) is 46.2 Å². The Labute approximate surface area is 195 Å². The van der Waals surface area contributed by atoms with Crippen LogP contribution in [0.3, 0.4) is 0 Å². The highest BCUT2D eigenvalue weighted by atomic mass is 32.2. The van der Waals surface area contributed by atoms with Gasteiger partial charge < -0.3 is 15.4 Å². The maximum atomic E-state index is 13.1. The quantitative estimate of drug-likeness (QED) is 0.501. The van der Waals surface area contributed by atoms with Crippen LogP contribution in [0.2, 0.25) is 0 Å². The zero-order chi connectivity index (χ0) is 22.6. The maximum Gasteiger partial charge on any atom is 0.244 e. The first-order valence-electron chi connectivity index (χ1n) is 11.6. The van der Waals surface area contributed by atoms with Gasteiger partial charge >= 0.3 is 0 Å². The van der Waals surface area contributed by atoms with Gasteiger partial charge in [-0.05, 0) is 56.0 Å². The van der Waals surface area contributed by atoms with E-state index in [2.05, 4.69) is 15.4 Å². The van der Waals surface area contributed by atoms with Gasteiger partial charge in [-0.1, -0.05) is 43.4 Å². The molecule has 2 fully saturated rings. The van der Waals surface area contributed by atoms with Gasteiger partial charge in [-0.2, -0.15) is 0 Å². The van der Waals surface area contributed by atoms with Crippen LogP contribution in [0.25, 0.3) is 10.4 Å². The lowest BCUT2D eigenvalue weighted by Gasteiger charge is -2.21. The lowest BCUT2D eigenvalue weighted by atomic mass is 9.87. The first-order valence-corrected chi connectivity index (χ1v) is 13.9. The van der Waals surface area contributed by atoms with Gasteiger partial charge in [0.1, 0.15) is 10.6 Å². The molecule has 1 aliphatic heterocycles. The number of aromatic nitrogens is 1. The second-order valence-electron chi connectivity index (χ2n) is 8.83. The van der Waals surface area contributed by atoms with E-state index in [1.165, 1.54) is 45.6 Å². The minimum Gasteiger partial charge on any atom is -0.495 e. The Kier molecular flexibility index (Phi) is 7.70. The maximum absolute atomic E-state index is 13.1. The largest absolute Gasteiger partial charge is 0.495 e. The molecule has 9 heteroatoms. The average Bonchev–Trinajstić information content (AvgIpc) is 3.43. The predicted molar refractivity (Wildman–Crippen MR) is 130 cm³/mol. The first-order chi connectivity index (χ1) is 15.5. The second kappa shape index (κ2) is 10.5. The number of anilines is 1. The lowest BCUT2D eigenvalue weighted by Crippen LogP contribution is -2.36. The van der Waals surface area contributed by atoms with E-state index in [9.17, 15) is 8.42 Å². The third-order valence-corrected chi connectivity index (χ3v) is 9.15. The summed E-state index contributed by atoms with van der Waals surface area (Å²) in [6.07, 6.45) is 8.76. The first kappa shape index (κ1) is 23.5. The lowest BCUT2D eigenvalue weighted by molar-refractivity contribution is 0.345. The molecule has 0 bridgehead atoms. The van der Waals surface area contributed by atoms with Crippen LogP contribution in [0.15, 0.2) is 23.1 Å². The van der Waals surface area contributed by atoms with Gasteiger partial charge in [-0.25, -0.2) is 18.1 Å². The molecule has 3 N–H and O–H groups in total. The molecule has 0 unspecified atom stereocenters. The predicted octanol–water partition coefficient (Wildman–Crippen LogP) is 4.15. The van der Waals surface area contributed by atoms with Crippen LogP contribution in [0.5, 0.6) is 5.75 Å². The number of methoxy groups -OCH3 is 1.